The van der Waals surface area contributed by atoms with Crippen molar-refractivity contribution in [2.45, 2.75) is 18.6 Å². The molecule has 0 aliphatic heterocycles. The average molecular weight is 451 g/mol. The molecule has 0 fully saturated rings. The van der Waals surface area contributed by atoms with Crippen LogP contribution in [-0.2, 0) is 19.1 Å². The summed E-state index contributed by atoms with van der Waals surface area (Å²) in [6.45, 7) is 0.858. The summed E-state index contributed by atoms with van der Waals surface area (Å²) in [4.78, 5) is 33.1. The lowest BCUT2D eigenvalue weighted by Gasteiger charge is -2.24. The molecule has 1 amide bonds. The smallest absolute Gasteiger partial charge is 0.414 e. The fraction of sp³-hybridized carbons (Fsp3) is 0.318. The summed E-state index contributed by atoms with van der Waals surface area (Å²) in [6.07, 6.45) is 0.168. The summed E-state index contributed by atoms with van der Waals surface area (Å²) < 4.78 is 5.44. The minimum atomic E-state index is -1.82. The molecule has 0 heterocycles. The number of hydrogen-bond acceptors (Lipinski definition) is 5. The Kier molecular flexibility index (Phi) is 11.3. The van der Waals surface area contributed by atoms with Crippen LogP contribution in [0.5, 0.6) is 0 Å². The van der Waals surface area contributed by atoms with Crippen molar-refractivity contribution in [1.29, 1.82) is 0 Å². The summed E-state index contributed by atoms with van der Waals surface area (Å²) >= 11 is 5.99. The van der Waals surface area contributed by atoms with Crippen LogP contribution in [0.25, 0.3) is 0 Å². The number of methoxy groups -OCH3 is 1. The number of benzene rings is 2. The van der Waals surface area contributed by atoms with Crippen LogP contribution in [0.3, 0.4) is 0 Å². The van der Waals surface area contributed by atoms with Gasteiger partial charge in [-0.05, 0) is 50.3 Å². The molecule has 8 nitrogen and oxygen atoms in total. The molecule has 31 heavy (non-hydrogen) atoms. The van der Waals surface area contributed by atoms with E-state index in [2.05, 4.69) is 10.2 Å². The number of aliphatic carboxylic acids is 2. The number of carbonyl (C=O) groups is 3. The summed E-state index contributed by atoms with van der Waals surface area (Å²) in [5.41, 5.74) is 1.87. The van der Waals surface area contributed by atoms with Crippen molar-refractivity contribution in [2.75, 3.05) is 27.7 Å². The maximum Gasteiger partial charge on any atom is 0.414 e. The van der Waals surface area contributed by atoms with Crippen LogP contribution in [0.1, 0.15) is 29.7 Å². The molecule has 0 spiro atoms. The van der Waals surface area contributed by atoms with Crippen molar-refractivity contribution in [3.8, 4) is 0 Å². The molecule has 0 bridgehead atoms. The Morgan fingerprint density at radius 3 is 1.97 bits per heavy atom. The second-order valence-corrected chi connectivity index (χ2v) is 7.28. The van der Waals surface area contributed by atoms with Gasteiger partial charge in [0, 0.05) is 12.1 Å². The third kappa shape index (κ3) is 9.61. The zero-order chi connectivity index (χ0) is 23.4. The molecule has 0 aromatic heterocycles. The first kappa shape index (κ1) is 26.1. The first-order chi connectivity index (χ1) is 14.6. The van der Waals surface area contributed by atoms with Gasteiger partial charge in [0.25, 0.3) is 5.91 Å². The second-order valence-electron chi connectivity index (χ2n) is 6.84. The highest BCUT2D eigenvalue weighted by Crippen LogP contribution is 2.23. The fourth-order valence-electron chi connectivity index (χ4n) is 2.67. The van der Waals surface area contributed by atoms with Crippen molar-refractivity contribution in [3.05, 3.63) is 70.7 Å². The van der Waals surface area contributed by atoms with Crippen molar-refractivity contribution >= 4 is 29.4 Å². The van der Waals surface area contributed by atoms with E-state index in [-0.39, 0.29) is 11.9 Å². The quantitative estimate of drug-likeness (QED) is 0.529. The molecule has 2 atom stereocenters. The van der Waals surface area contributed by atoms with Crippen LogP contribution in [-0.4, -0.2) is 60.7 Å². The molecule has 3 N–H and O–H groups in total. The average Bonchev–Trinajstić information content (AvgIpc) is 2.73. The van der Waals surface area contributed by atoms with Gasteiger partial charge in [-0.15, -0.1) is 0 Å². The molecular formula is C22H27ClN2O6. The highest BCUT2D eigenvalue weighted by molar-refractivity contribution is 6.30. The predicted octanol–water partition coefficient (Wildman–Crippen LogP) is 2.99. The lowest BCUT2D eigenvalue weighted by atomic mass is 10.0. The van der Waals surface area contributed by atoms with Crippen LogP contribution in [0.2, 0.25) is 5.02 Å². The normalized spacial score (nSPS) is 12.3. The number of ether oxygens (including phenoxy) is 1. The molecule has 0 aliphatic carbocycles. The lowest BCUT2D eigenvalue weighted by Crippen LogP contribution is -2.35. The zero-order valence-electron chi connectivity index (χ0n) is 17.6. The van der Waals surface area contributed by atoms with E-state index in [1.54, 1.807) is 7.11 Å². The van der Waals surface area contributed by atoms with Crippen LogP contribution in [0.4, 0.5) is 0 Å². The number of nitrogens with zero attached hydrogens (tertiary/aromatic N) is 1. The van der Waals surface area contributed by atoms with Crippen molar-refractivity contribution in [2.24, 2.45) is 0 Å². The number of carbonyl (C=O) groups excluding carboxylic acids is 1. The molecule has 0 saturated carbocycles. The predicted molar refractivity (Wildman–Crippen MR) is 117 cm³/mol. The van der Waals surface area contributed by atoms with E-state index >= 15 is 0 Å². The monoisotopic (exact) mass is 450 g/mol. The topological polar surface area (TPSA) is 116 Å². The number of carboxylic acid groups (broad SMARTS) is 2. The molecule has 2 aromatic carbocycles. The molecular weight excluding hydrogens is 424 g/mol. The van der Waals surface area contributed by atoms with Gasteiger partial charge >= 0.3 is 11.9 Å². The van der Waals surface area contributed by atoms with Gasteiger partial charge in [-0.2, -0.15) is 0 Å². The first-order valence-electron chi connectivity index (χ1n) is 9.40. The third-order valence-electron chi connectivity index (χ3n) is 4.21. The van der Waals surface area contributed by atoms with Crippen LogP contribution < -0.4 is 5.32 Å². The molecule has 0 radical (unpaired) electrons. The molecule has 2 rings (SSSR count). The zero-order valence-corrected chi connectivity index (χ0v) is 18.4. The van der Waals surface area contributed by atoms with E-state index in [9.17, 15) is 4.79 Å². The first-order valence-corrected chi connectivity index (χ1v) is 9.78. The van der Waals surface area contributed by atoms with Gasteiger partial charge in [0.1, 0.15) is 0 Å². The Bertz CT molecular complexity index is 831. The molecule has 168 valence electrons. The largest absolute Gasteiger partial charge is 0.473 e. The van der Waals surface area contributed by atoms with Crippen molar-refractivity contribution in [1.82, 2.24) is 10.2 Å². The summed E-state index contributed by atoms with van der Waals surface area (Å²) in [5, 5.41) is 18.6. The minimum Gasteiger partial charge on any atom is -0.473 e. The van der Waals surface area contributed by atoms with Crippen LogP contribution >= 0.6 is 11.6 Å². The molecule has 9 heteroatoms. The maximum atomic E-state index is 12.8. The Hall–Kier alpha value is -2.94. The number of hydrogen-bond donors (Lipinski definition) is 3. The van der Waals surface area contributed by atoms with E-state index < -0.39 is 18.0 Å². The van der Waals surface area contributed by atoms with E-state index in [4.69, 9.17) is 36.1 Å². The lowest BCUT2D eigenvalue weighted by molar-refractivity contribution is -0.159. The van der Waals surface area contributed by atoms with Gasteiger partial charge in [-0.1, -0.05) is 54.1 Å². The second kappa shape index (κ2) is 13.4. The summed E-state index contributed by atoms with van der Waals surface area (Å²) in [7, 11) is 5.58. The molecule has 1 unspecified atom stereocenters. The number of amides is 1. The third-order valence-corrected chi connectivity index (χ3v) is 4.46. The summed E-state index contributed by atoms with van der Waals surface area (Å²) in [5.74, 6) is -3.79. The van der Waals surface area contributed by atoms with Gasteiger partial charge in [-0.3, -0.25) is 4.79 Å². The highest BCUT2D eigenvalue weighted by Gasteiger charge is 2.23. The van der Waals surface area contributed by atoms with E-state index in [1.165, 1.54) is 0 Å². The summed E-state index contributed by atoms with van der Waals surface area (Å²) in [6, 6.07) is 17.0. The Morgan fingerprint density at radius 1 is 0.968 bits per heavy atom. The number of rotatable bonds is 8. The van der Waals surface area contributed by atoms with Gasteiger partial charge in [-0.25, -0.2) is 9.59 Å². The van der Waals surface area contributed by atoms with Gasteiger partial charge < -0.3 is 25.2 Å². The van der Waals surface area contributed by atoms with Crippen LogP contribution in [0, 0.1) is 0 Å². The highest BCUT2D eigenvalue weighted by atomic mass is 35.5. The fourth-order valence-corrected chi connectivity index (χ4v) is 2.80. The van der Waals surface area contributed by atoms with Gasteiger partial charge in [0.15, 0.2) is 6.10 Å². The molecule has 2 aromatic rings. The van der Waals surface area contributed by atoms with Crippen molar-refractivity contribution in [3.63, 3.8) is 0 Å². The minimum absolute atomic E-state index is 0.103. The van der Waals surface area contributed by atoms with Gasteiger partial charge in [0.2, 0.25) is 0 Å². The van der Waals surface area contributed by atoms with E-state index in [0.29, 0.717) is 5.02 Å². The SMILES string of the molecule is CO[C@@H](C(=O)NC(CCN(C)C)c1ccc(Cl)cc1)c1ccccc1.O=C(O)C(=O)O. The maximum absolute atomic E-state index is 12.8. The Balaban J connectivity index is 0.000000703. The Morgan fingerprint density at radius 2 is 1.52 bits per heavy atom. The molecule has 0 saturated heterocycles. The van der Waals surface area contributed by atoms with E-state index in [0.717, 1.165) is 24.1 Å². The Labute approximate surface area is 186 Å². The van der Waals surface area contributed by atoms with Gasteiger partial charge in [0.05, 0.1) is 6.04 Å². The number of carboxylic acids is 2. The van der Waals surface area contributed by atoms with Crippen molar-refractivity contribution < 1.29 is 29.3 Å². The number of halogens is 1. The number of nitrogens with one attached hydrogen (secondary N) is 1. The standard InChI is InChI=1S/C20H25ClN2O2.C2H2O4/c1-23(2)14-13-18(15-9-11-17(21)12-10-15)22-20(24)19(25-3)16-7-5-4-6-8-16;3-1(4)2(5)6/h4-12,18-19H,13-14H2,1-3H3,(H,22,24);(H,3,4)(H,5,6)/t18?,19-;/m1./s1. The van der Waals surface area contributed by atoms with E-state index in [1.807, 2.05) is 68.7 Å². The van der Waals surface area contributed by atoms with Crippen LogP contribution in [0.15, 0.2) is 54.6 Å². The molecule has 0 aliphatic rings.